The summed E-state index contributed by atoms with van der Waals surface area (Å²) in [6, 6.07) is 3.15. The Morgan fingerprint density at radius 3 is 2.65 bits per heavy atom. The van der Waals surface area contributed by atoms with Gasteiger partial charge in [0.1, 0.15) is 11.6 Å². The van der Waals surface area contributed by atoms with Crippen molar-refractivity contribution < 1.29 is 18.6 Å². The minimum atomic E-state index is -0.854. The number of hydrogen-bond donors (Lipinski definition) is 1. The van der Waals surface area contributed by atoms with E-state index in [9.17, 15) is 13.9 Å². The molecule has 1 N–H and O–H groups in total. The van der Waals surface area contributed by atoms with Crippen molar-refractivity contribution >= 4 is 0 Å². The van der Waals surface area contributed by atoms with Gasteiger partial charge in [0, 0.05) is 25.8 Å². The first kappa shape index (κ1) is 15.4. The number of nitrogens with zero attached hydrogens (tertiary/aromatic N) is 1. The molecule has 1 saturated heterocycles. The van der Waals surface area contributed by atoms with Crippen LogP contribution in [0.25, 0.3) is 0 Å². The Balaban J connectivity index is 1.80. The van der Waals surface area contributed by atoms with Gasteiger partial charge in [-0.15, -0.1) is 0 Å². The molecule has 1 aromatic carbocycles. The topological polar surface area (TPSA) is 32.7 Å². The zero-order valence-electron chi connectivity index (χ0n) is 11.7. The highest BCUT2D eigenvalue weighted by molar-refractivity contribution is 5.20. The summed E-state index contributed by atoms with van der Waals surface area (Å²) < 4.78 is 31.7. The maximum atomic E-state index is 13.1. The maximum Gasteiger partial charge on any atom is 0.126 e. The highest BCUT2D eigenvalue weighted by atomic mass is 19.1. The fourth-order valence-electron chi connectivity index (χ4n) is 2.50. The Labute approximate surface area is 118 Å². The third-order valence-corrected chi connectivity index (χ3v) is 3.59. The van der Waals surface area contributed by atoms with Crippen LogP contribution in [-0.4, -0.2) is 42.9 Å². The summed E-state index contributed by atoms with van der Waals surface area (Å²) in [6.07, 6.45) is 2.02. The molecule has 0 aliphatic carbocycles. The van der Waals surface area contributed by atoms with Gasteiger partial charge in [-0.3, -0.25) is 0 Å². The van der Waals surface area contributed by atoms with Crippen LogP contribution < -0.4 is 0 Å². The fourth-order valence-corrected chi connectivity index (χ4v) is 2.50. The highest BCUT2D eigenvalue weighted by Crippen LogP contribution is 2.20. The number of hydrogen-bond acceptors (Lipinski definition) is 3. The third-order valence-electron chi connectivity index (χ3n) is 3.59. The standard InChI is InChI=1S/C15H21F2NO2/c1-18(10-14-3-2-6-20-14)5-4-15(19)11-7-12(16)9-13(17)8-11/h7-9,14-15,19H,2-6,10H2,1H3. The first-order valence-electron chi connectivity index (χ1n) is 6.99. The molecule has 5 heteroatoms. The van der Waals surface area contributed by atoms with Gasteiger partial charge in [0.2, 0.25) is 0 Å². The van der Waals surface area contributed by atoms with Crippen molar-refractivity contribution in [2.45, 2.75) is 31.5 Å². The van der Waals surface area contributed by atoms with Gasteiger partial charge >= 0.3 is 0 Å². The quantitative estimate of drug-likeness (QED) is 0.871. The molecule has 1 fully saturated rings. The van der Waals surface area contributed by atoms with Crippen LogP contribution in [-0.2, 0) is 4.74 Å². The van der Waals surface area contributed by atoms with E-state index >= 15 is 0 Å². The molecule has 2 unspecified atom stereocenters. The number of aliphatic hydroxyl groups is 1. The molecule has 0 bridgehead atoms. The summed E-state index contributed by atoms with van der Waals surface area (Å²) in [5, 5.41) is 9.99. The van der Waals surface area contributed by atoms with E-state index in [0.717, 1.165) is 32.1 Å². The van der Waals surface area contributed by atoms with E-state index in [0.29, 0.717) is 13.0 Å². The van der Waals surface area contributed by atoms with E-state index in [-0.39, 0.29) is 11.7 Å². The number of aliphatic hydroxyl groups excluding tert-OH is 1. The van der Waals surface area contributed by atoms with Crippen LogP contribution >= 0.6 is 0 Å². The lowest BCUT2D eigenvalue weighted by Crippen LogP contribution is -2.30. The van der Waals surface area contributed by atoms with Crippen LogP contribution in [0.15, 0.2) is 18.2 Å². The summed E-state index contributed by atoms with van der Waals surface area (Å²) >= 11 is 0. The largest absolute Gasteiger partial charge is 0.388 e. The molecule has 1 aromatic rings. The van der Waals surface area contributed by atoms with Gasteiger partial charge in [-0.25, -0.2) is 8.78 Å². The lowest BCUT2D eigenvalue weighted by Gasteiger charge is -2.22. The minimum Gasteiger partial charge on any atom is -0.388 e. The van der Waals surface area contributed by atoms with Crippen molar-refractivity contribution in [2.24, 2.45) is 0 Å². The van der Waals surface area contributed by atoms with Crippen molar-refractivity contribution in [3.63, 3.8) is 0 Å². The van der Waals surface area contributed by atoms with Crippen molar-refractivity contribution in [3.8, 4) is 0 Å². The molecule has 20 heavy (non-hydrogen) atoms. The molecular formula is C15H21F2NO2. The van der Waals surface area contributed by atoms with Crippen LogP contribution in [0.4, 0.5) is 8.78 Å². The fraction of sp³-hybridized carbons (Fsp3) is 0.600. The molecule has 0 amide bonds. The van der Waals surface area contributed by atoms with Gasteiger partial charge in [-0.2, -0.15) is 0 Å². The summed E-state index contributed by atoms with van der Waals surface area (Å²) in [5.41, 5.74) is 0.285. The molecule has 0 spiro atoms. The monoisotopic (exact) mass is 285 g/mol. The Morgan fingerprint density at radius 1 is 1.35 bits per heavy atom. The number of ether oxygens (including phenoxy) is 1. The number of rotatable bonds is 6. The smallest absolute Gasteiger partial charge is 0.126 e. The van der Waals surface area contributed by atoms with E-state index in [1.54, 1.807) is 0 Å². The second-order valence-corrected chi connectivity index (χ2v) is 5.40. The molecular weight excluding hydrogens is 264 g/mol. The summed E-state index contributed by atoms with van der Waals surface area (Å²) in [7, 11) is 1.96. The van der Waals surface area contributed by atoms with E-state index in [2.05, 4.69) is 4.90 Å². The molecule has 0 saturated carbocycles. The molecule has 1 aliphatic heterocycles. The molecule has 112 valence electrons. The van der Waals surface area contributed by atoms with Gasteiger partial charge in [0.05, 0.1) is 12.2 Å². The highest BCUT2D eigenvalue weighted by Gasteiger charge is 2.18. The van der Waals surface area contributed by atoms with E-state index in [4.69, 9.17) is 4.74 Å². The van der Waals surface area contributed by atoms with Gasteiger partial charge in [-0.1, -0.05) is 0 Å². The molecule has 2 rings (SSSR count). The van der Waals surface area contributed by atoms with Crippen LogP contribution in [0.3, 0.4) is 0 Å². The SMILES string of the molecule is CN(CCC(O)c1cc(F)cc(F)c1)CC1CCCO1. The van der Waals surface area contributed by atoms with Crippen LogP contribution in [0.2, 0.25) is 0 Å². The Hall–Kier alpha value is -1.04. The molecule has 0 radical (unpaired) electrons. The maximum absolute atomic E-state index is 13.1. The first-order chi connectivity index (χ1) is 9.54. The molecule has 1 aliphatic rings. The van der Waals surface area contributed by atoms with Gasteiger partial charge in [-0.05, 0) is 44.0 Å². The lowest BCUT2D eigenvalue weighted by molar-refractivity contribution is 0.0739. The van der Waals surface area contributed by atoms with Crippen molar-refractivity contribution in [2.75, 3.05) is 26.7 Å². The molecule has 3 nitrogen and oxygen atoms in total. The van der Waals surface area contributed by atoms with Crippen LogP contribution in [0.1, 0.15) is 30.9 Å². The van der Waals surface area contributed by atoms with Crippen molar-refractivity contribution in [3.05, 3.63) is 35.4 Å². The second-order valence-electron chi connectivity index (χ2n) is 5.40. The third kappa shape index (κ3) is 4.51. The van der Waals surface area contributed by atoms with Gasteiger partial charge in [0.25, 0.3) is 0 Å². The van der Waals surface area contributed by atoms with Gasteiger partial charge in [0.15, 0.2) is 0 Å². The van der Waals surface area contributed by atoms with E-state index < -0.39 is 17.7 Å². The van der Waals surface area contributed by atoms with Crippen molar-refractivity contribution in [1.82, 2.24) is 4.90 Å². The lowest BCUT2D eigenvalue weighted by atomic mass is 10.1. The molecule has 0 aromatic heterocycles. The van der Waals surface area contributed by atoms with Crippen LogP contribution in [0.5, 0.6) is 0 Å². The van der Waals surface area contributed by atoms with E-state index in [1.165, 1.54) is 12.1 Å². The minimum absolute atomic E-state index is 0.267. The van der Waals surface area contributed by atoms with Gasteiger partial charge < -0.3 is 14.7 Å². The zero-order valence-corrected chi connectivity index (χ0v) is 11.7. The molecule has 2 atom stereocenters. The average molecular weight is 285 g/mol. The predicted octanol–water partition coefficient (Wildman–Crippen LogP) is 2.50. The van der Waals surface area contributed by atoms with Crippen LogP contribution in [0, 0.1) is 11.6 Å². The summed E-state index contributed by atoms with van der Waals surface area (Å²) in [4.78, 5) is 2.08. The number of likely N-dealkylation sites (N-methyl/N-ethyl adjacent to an activating group) is 1. The summed E-state index contributed by atoms with van der Waals surface area (Å²) in [5.74, 6) is -1.32. The first-order valence-corrected chi connectivity index (χ1v) is 6.99. The Kier molecular flexibility index (Phi) is 5.46. The molecule has 1 heterocycles. The Morgan fingerprint density at radius 2 is 2.05 bits per heavy atom. The average Bonchev–Trinajstić information content (AvgIpc) is 2.87. The van der Waals surface area contributed by atoms with Crippen molar-refractivity contribution in [1.29, 1.82) is 0 Å². The Bertz CT molecular complexity index is 416. The number of halogens is 2. The normalized spacial score (nSPS) is 20.6. The summed E-state index contributed by atoms with van der Waals surface area (Å²) in [6.45, 7) is 2.30. The second kappa shape index (κ2) is 7.11. The zero-order chi connectivity index (χ0) is 14.5. The predicted molar refractivity (Wildman–Crippen MR) is 72.4 cm³/mol. The number of benzene rings is 1. The van der Waals surface area contributed by atoms with E-state index in [1.807, 2.05) is 7.05 Å².